The number of anilines is 4. The van der Waals surface area contributed by atoms with Crippen LogP contribution >= 0.6 is 45.2 Å². The number of aromatic nitrogens is 8. The number of aryl methyl sites for hydroxylation is 4. The second kappa shape index (κ2) is 22.9. The molecule has 14 nitrogen and oxygen atoms in total. The molecule has 10 rings (SSSR count). The molecule has 0 unspecified atom stereocenters. The van der Waals surface area contributed by atoms with E-state index in [2.05, 4.69) is 193 Å². The normalized spacial score (nSPS) is 14.3. The molecule has 376 valence electrons. The van der Waals surface area contributed by atoms with Crippen molar-refractivity contribution in [2.45, 2.75) is 91.8 Å². The van der Waals surface area contributed by atoms with E-state index in [1.54, 1.807) is 11.1 Å². The van der Waals surface area contributed by atoms with Gasteiger partial charge >= 0.3 is 6.09 Å². The van der Waals surface area contributed by atoms with Crippen molar-refractivity contribution in [3.8, 4) is 45.3 Å². The lowest BCUT2D eigenvalue weighted by molar-refractivity contribution is 0.0189. The molecule has 2 aliphatic heterocycles. The van der Waals surface area contributed by atoms with Crippen molar-refractivity contribution in [3.63, 3.8) is 0 Å². The molecular formula is C57H62I2N12O2. The van der Waals surface area contributed by atoms with Gasteiger partial charge in [-0.15, -0.1) is 0 Å². The van der Waals surface area contributed by atoms with Gasteiger partial charge in [0.1, 0.15) is 5.60 Å². The molecule has 73 heavy (non-hydrogen) atoms. The number of carbonyl (C=O) groups is 1. The predicted octanol–water partition coefficient (Wildman–Crippen LogP) is 13.4. The molecule has 4 aromatic heterocycles. The van der Waals surface area contributed by atoms with E-state index in [0.29, 0.717) is 31.0 Å². The first-order valence-corrected chi connectivity index (χ1v) is 27.0. The lowest BCUT2D eigenvalue weighted by Gasteiger charge is -2.34. The van der Waals surface area contributed by atoms with Crippen molar-refractivity contribution < 1.29 is 9.53 Å². The van der Waals surface area contributed by atoms with Gasteiger partial charge in [0.25, 0.3) is 0 Å². The average Bonchev–Trinajstić information content (AvgIpc) is 4.01. The Kier molecular flexibility index (Phi) is 16.2. The molecule has 2 saturated heterocycles. The van der Waals surface area contributed by atoms with Gasteiger partial charge in [-0.25, -0.2) is 34.7 Å². The molecule has 4 aromatic carbocycles. The number of nitrogens with one attached hydrogen (secondary N) is 3. The lowest BCUT2D eigenvalue weighted by atomic mass is 10.0. The van der Waals surface area contributed by atoms with E-state index in [4.69, 9.17) is 24.7 Å². The van der Waals surface area contributed by atoms with E-state index in [1.807, 2.05) is 51.8 Å². The maximum Gasteiger partial charge on any atom is 0.410 e. The summed E-state index contributed by atoms with van der Waals surface area (Å²) in [6, 6.07) is 34.1. The first kappa shape index (κ1) is 51.6. The van der Waals surface area contributed by atoms with Crippen LogP contribution in [-0.2, 0) is 4.74 Å². The highest BCUT2D eigenvalue weighted by molar-refractivity contribution is 14.1. The van der Waals surface area contributed by atoms with Crippen molar-refractivity contribution in [2.24, 2.45) is 0 Å². The fourth-order valence-electron chi connectivity index (χ4n) is 9.61. The second-order valence-corrected chi connectivity index (χ2v) is 22.4. The highest BCUT2D eigenvalue weighted by Gasteiger charge is 2.30. The van der Waals surface area contributed by atoms with Crippen LogP contribution in [-0.4, -0.2) is 81.8 Å². The Morgan fingerprint density at radius 3 is 1.41 bits per heavy atom. The molecule has 0 atom stereocenters. The van der Waals surface area contributed by atoms with Gasteiger partial charge in [0, 0.05) is 67.2 Å². The molecule has 2 aliphatic rings. The maximum atomic E-state index is 12.7. The second-order valence-electron chi connectivity index (χ2n) is 19.9. The summed E-state index contributed by atoms with van der Waals surface area (Å²) in [6.45, 7) is 17.3. The Hall–Kier alpha value is -6.25. The molecular weight excluding hydrogens is 1140 g/mol. The maximum absolute atomic E-state index is 12.7. The third kappa shape index (κ3) is 13.1. The zero-order valence-electron chi connectivity index (χ0n) is 42.5. The number of halogens is 2. The first-order chi connectivity index (χ1) is 35.1. The van der Waals surface area contributed by atoms with Crippen molar-refractivity contribution in [1.29, 1.82) is 0 Å². The summed E-state index contributed by atoms with van der Waals surface area (Å²) in [5.41, 5.74) is 13.8. The van der Waals surface area contributed by atoms with Gasteiger partial charge in [0.05, 0.1) is 46.8 Å². The summed E-state index contributed by atoms with van der Waals surface area (Å²) >= 11 is 4.65. The molecule has 2 fully saturated rings. The number of likely N-dealkylation sites (tertiary alicyclic amines) is 1. The largest absolute Gasteiger partial charge is 0.444 e. The molecule has 3 N–H and O–H groups in total. The van der Waals surface area contributed by atoms with Crippen LogP contribution in [0.15, 0.2) is 122 Å². The molecule has 1 amide bonds. The summed E-state index contributed by atoms with van der Waals surface area (Å²) in [4.78, 5) is 43.1. The minimum absolute atomic E-state index is 0.171. The minimum Gasteiger partial charge on any atom is -0.444 e. The van der Waals surface area contributed by atoms with Crippen LogP contribution in [0.5, 0.6) is 0 Å². The van der Waals surface area contributed by atoms with E-state index in [9.17, 15) is 4.79 Å². The third-order valence-electron chi connectivity index (χ3n) is 12.8. The van der Waals surface area contributed by atoms with Crippen LogP contribution in [0.1, 0.15) is 80.8 Å². The number of amides is 1. The van der Waals surface area contributed by atoms with Crippen LogP contribution < -0.4 is 16.0 Å². The number of hydrogen-bond acceptors (Lipinski definition) is 11. The number of hydrogen-bond donors (Lipinski definition) is 3. The number of piperidine rings is 2. The van der Waals surface area contributed by atoms with Gasteiger partial charge < -0.3 is 34.7 Å². The van der Waals surface area contributed by atoms with E-state index in [-0.39, 0.29) is 12.1 Å². The summed E-state index contributed by atoms with van der Waals surface area (Å²) in [5, 5.41) is 10.2. The number of nitrogens with zero attached hydrogens (tertiary/aromatic N) is 9. The lowest BCUT2D eigenvalue weighted by Crippen LogP contribution is -2.42. The molecule has 6 heterocycles. The van der Waals surface area contributed by atoms with Crippen molar-refractivity contribution in [1.82, 2.24) is 49.3 Å². The number of imidazole rings is 2. The predicted molar refractivity (Wildman–Crippen MR) is 308 cm³/mol. The quantitative estimate of drug-likeness (QED) is 0.112. The fourth-order valence-corrected chi connectivity index (χ4v) is 10.3. The number of ether oxygens (including phenoxy) is 1. The third-order valence-corrected chi connectivity index (χ3v) is 14.2. The molecule has 16 heteroatoms. The zero-order valence-corrected chi connectivity index (χ0v) is 46.8. The summed E-state index contributed by atoms with van der Waals surface area (Å²) in [7, 11) is 0. The van der Waals surface area contributed by atoms with Gasteiger partial charge in [0.2, 0.25) is 11.9 Å². The van der Waals surface area contributed by atoms with E-state index in [0.717, 1.165) is 95.4 Å². The number of rotatable bonds is 10. The van der Waals surface area contributed by atoms with Crippen LogP contribution in [0.25, 0.3) is 45.3 Å². The summed E-state index contributed by atoms with van der Waals surface area (Å²) < 4.78 is 12.5. The van der Waals surface area contributed by atoms with Crippen molar-refractivity contribution in [2.75, 3.05) is 36.8 Å². The fraction of sp³-hybridized carbons (Fsp3) is 0.316. The molecule has 8 aromatic rings. The Labute approximate surface area is 455 Å². The molecule has 0 radical (unpaired) electrons. The highest BCUT2D eigenvalue weighted by atomic mass is 127. The van der Waals surface area contributed by atoms with Crippen molar-refractivity contribution >= 4 is 74.5 Å². The molecule has 0 saturated carbocycles. The Morgan fingerprint density at radius 1 is 0.589 bits per heavy atom. The Bertz CT molecular complexity index is 3150. The van der Waals surface area contributed by atoms with Gasteiger partial charge in [-0.1, -0.05) is 36.4 Å². The standard InChI is InChI=1S/C31H35IN6O2.C26H27IN6/c1-20-16-21(2)18-24(17-20)35-29-33-13-10-26(36-29)28-27(22-6-8-23(32)9-7-22)34-19-38(28)25-11-14-37(15-12-25)30(39)40-31(3,4)5;1-17-13-18(2)15-21(14-17)31-26-29-12-9-23(32-26)25-24(19-3-5-20(27)6-4-19)30-16-33(25)22-7-10-28-11-8-22/h6-10,13,16-19,25H,11-12,14-15H2,1-5H3,(H,33,35,36);3-6,9,12-16,22,28H,7-8,10-11H2,1-2H3,(H,29,31,32). The van der Waals surface area contributed by atoms with Crippen molar-refractivity contribution in [3.05, 3.63) is 152 Å². The van der Waals surface area contributed by atoms with E-state index < -0.39 is 5.60 Å². The zero-order chi connectivity index (χ0) is 51.2. The smallest absolute Gasteiger partial charge is 0.410 e. The van der Waals surface area contributed by atoms with E-state index >= 15 is 0 Å². The average molecular weight is 1200 g/mol. The highest BCUT2D eigenvalue weighted by Crippen LogP contribution is 2.38. The Balaban J connectivity index is 0.000000183. The van der Waals surface area contributed by atoms with E-state index in [1.165, 1.54) is 29.4 Å². The minimum atomic E-state index is -0.510. The number of carbonyl (C=O) groups excluding carboxylic acids is 1. The Morgan fingerprint density at radius 2 is 1.00 bits per heavy atom. The SMILES string of the molecule is Cc1cc(C)cc(Nc2nccc(-c3c(-c4ccc(I)cc4)ncn3C3CCN(C(=O)OC(C)(C)C)CC3)n2)c1.Cc1cc(C)cc(Nc2nccc(-c3c(-c4ccc(I)cc4)ncn3C3CCNCC3)n2)c1. The molecule has 0 bridgehead atoms. The number of benzene rings is 4. The van der Waals surface area contributed by atoms with Gasteiger partial charge in [-0.2, -0.15) is 0 Å². The summed E-state index contributed by atoms with van der Waals surface area (Å²) in [6.07, 6.45) is 11.0. The van der Waals surface area contributed by atoms with Crippen LogP contribution in [0, 0.1) is 34.8 Å². The van der Waals surface area contributed by atoms with Crippen LogP contribution in [0.3, 0.4) is 0 Å². The van der Waals surface area contributed by atoms with Gasteiger partial charge in [-0.3, -0.25) is 0 Å². The summed E-state index contributed by atoms with van der Waals surface area (Å²) in [5.74, 6) is 1.12. The monoisotopic (exact) mass is 1200 g/mol. The first-order valence-electron chi connectivity index (χ1n) is 24.8. The topological polar surface area (TPSA) is 153 Å². The molecule has 0 aliphatic carbocycles. The van der Waals surface area contributed by atoms with Gasteiger partial charge in [-0.05, 0) is 215 Å². The van der Waals surface area contributed by atoms with Crippen LogP contribution in [0.4, 0.5) is 28.1 Å². The molecule has 0 spiro atoms. The van der Waals surface area contributed by atoms with Gasteiger partial charge in [0.15, 0.2) is 0 Å². The van der Waals surface area contributed by atoms with Crippen LogP contribution in [0.2, 0.25) is 0 Å².